The van der Waals surface area contributed by atoms with Crippen molar-refractivity contribution in [2.45, 2.75) is 48.7 Å². The second-order valence-corrected chi connectivity index (χ2v) is 12.5. The number of halogens is 4. The molecule has 0 N–H and O–H groups in total. The Morgan fingerprint density at radius 1 is 1.16 bits per heavy atom. The Kier molecular flexibility index (Phi) is 5.09. The smallest absolute Gasteiger partial charge is 0.428 e. The van der Waals surface area contributed by atoms with Gasteiger partial charge in [-0.25, -0.2) is 18.0 Å². The van der Waals surface area contributed by atoms with E-state index < -0.39 is 50.5 Å². The Bertz CT molecular complexity index is 1140. The molecular weight excluding hydrogens is 680 g/mol. The van der Waals surface area contributed by atoms with E-state index in [1.165, 1.54) is 0 Å². The van der Waals surface area contributed by atoms with Crippen molar-refractivity contribution in [3.8, 4) is 5.75 Å². The van der Waals surface area contributed by atoms with Crippen LogP contribution in [-0.4, -0.2) is 41.6 Å². The highest BCUT2D eigenvalue weighted by molar-refractivity contribution is 14.1. The van der Waals surface area contributed by atoms with Gasteiger partial charge in [-0.3, -0.25) is 0 Å². The molecule has 1 aromatic carbocycles. The summed E-state index contributed by atoms with van der Waals surface area (Å²) in [5, 5.41) is -5.17. The molecule has 2 atom stereocenters. The van der Waals surface area contributed by atoms with E-state index in [4.69, 9.17) is 14.2 Å². The van der Waals surface area contributed by atoms with Crippen molar-refractivity contribution in [1.82, 2.24) is 0 Å². The zero-order valence-corrected chi connectivity index (χ0v) is 21.2. The second-order valence-electron chi connectivity index (χ2n) is 8.84. The Labute approximate surface area is 208 Å². The number of carbonyl (C=O) groups excluding carboxylic acids is 2. The van der Waals surface area contributed by atoms with Crippen molar-refractivity contribution < 1.29 is 45.6 Å². The van der Waals surface area contributed by atoms with Gasteiger partial charge in [0, 0.05) is 15.4 Å². The normalized spacial score (nSPS) is 35.3. The van der Waals surface area contributed by atoms with E-state index in [1.807, 2.05) is 0 Å². The SMILES string of the molecule is O=C1OC2(Oc3c1ccc(I)c3I)C1CC3CC2CC(OC(=O)C(F)(F)S(=O)(=O)[O-])(C3)C1. The summed E-state index contributed by atoms with van der Waals surface area (Å²) in [6.45, 7) is 0. The van der Waals surface area contributed by atoms with Crippen molar-refractivity contribution >= 4 is 67.2 Å². The molecule has 174 valence electrons. The third-order valence-electron chi connectivity index (χ3n) is 6.92. The number of esters is 2. The van der Waals surface area contributed by atoms with Crippen molar-refractivity contribution in [1.29, 1.82) is 0 Å². The van der Waals surface area contributed by atoms with Crippen LogP contribution >= 0.6 is 45.2 Å². The van der Waals surface area contributed by atoms with E-state index in [9.17, 15) is 31.3 Å². The Morgan fingerprint density at radius 2 is 1.78 bits per heavy atom. The molecule has 4 fully saturated rings. The first-order valence-electron chi connectivity index (χ1n) is 9.75. The largest absolute Gasteiger partial charge is 0.743 e. The molecule has 4 bridgehead atoms. The number of hydrogen-bond donors (Lipinski definition) is 0. The molecular formula is C19H15F2I2O8S-. The van der Waals surface area contributed by atoms with Crippen LogP contribution in [0.1, 0.15) is 42.5 Å². The van der Waals surface area contributed by atoms with E-state index in [2.05, 4.69) is 45.2 Å². The van der Waals surface area contributed by atoms with Gasteiger partial charge in [-0.1, -0.05) is 0 Å². The van der Waals surface area contributed by atoms with Crippen LogP contribution in [0, 0.1) is 24.9 Å². The lowest BCUT2D eigenvalue weighted by atomic mass is 9.51. The number of benzene rings is 1. The van der Waals surface area contributed by atoms with Crippen LogP contribution in [0.3, 0.4) is 0 Å². The topological polar surface area (TPSA) is 119 Å². The minimum atomic E-state index is -6.22. The fourth-order valence-corrected chi connectivity index (χ4v) is 7.10. The van der Waals surface area contributed by atoms with Crippen LogP contribution in [0.2, 0.25) is 0 Å². The molecule has 5 aliphatic rings. The molecule has 1 spiro atoms. The first-order valence-corrected chi connectivity index (χ1v) is 13.3. The molecule has 8 nitrogen and oxygen atoms in total. The molecule has 1 aromatic rings. The van der Waals surface area contributed by atoms with Gasteiger partial charge in [-0.05, 0) is 95.3 Å². The molecule has 2 unspecified atom stereocenters. The van der Waals surface area contributed by atoms with Gasteiger partial charge in [0.05, 0.1) is 3.57 Å². The van der Waals surface area contributed by atoms with E-state index in [0.717, 1.165) is 7.14 Å². The molecule has 0 saturated heterocycles. The zero-order chi connectivity index (χ0) is 23.3. The van der Waals surface area contributed by atoms with Gasteiger partial charge in [0.15, 0.2) is 15.9 Å². The maximum atomic E-state index is 13.8. The molecule has 6 rings (SSSR count). The average molecular weight is 695 g/mol. The Morgan fingerprint density at radius 3 is 2.38 bits per heavy atom. The Hall–Kier alpha value is -0.810. The highest BCUT2D eigenvalue weighted by atomic mass is 127. The second kappa shape index (κ2) is 7.10. The van der Waals surface area contributed by atoms with Crippen LogP contribution in [-0.2, 0) is 24.4 Å². The molecule has 0 amide bonds. The first-order chi connectivity index (χ1) is 14.8. The highest BCUT2D eigenvalue weighted by Gasteiger charge is 2.69. The van der Waals surface area contributed by atoms with Gasteiger partial charge in [0.2, 0.25) is 0 Å². The summed E-state index contributed by atoms with van der Waals surface area (Å²) in [7, 11) is -6.22. The zero-order valence-electron chi connectivity index (χ0n) is 16.1. The number of fused-ring (bicyclic) bond motifs is 1. The van der Waals surface area contributed by atoms with Crippen LogP contribution in [0.4, 0.5) is 8.78 Å². The summed E-state index contributed by atoms with van der Waals surface area (Å²) in [4.78, 5) is 24.8. The molecule has 13 heteroatoms. The van der Waals surface area contributed by atoms with Gasteiger partial charge < -0.3 is 18.8 Å². The number of ether oxygens (including phenoxy) is 3. The number of alkyl halides is 2. The van der Waals surface area contributed by atoms with Crippen molar-refractivity contribution in [2.24, 2.45) is 17.8 Å². The van der Waals surface area contributed by atoms with Crippen LogP contribution < -0.4 is 4.74 Å². The van der Waals surface area contributed by atoms with E-state index in [0.29, 0.717) is 24.2 Å². The lowest BCUT2D eigenvalue weighted by molar-refractivity contribution is -0.309. The lowest BCUT2D eigenvalue weighted by Gasteiger charge is -2.63. The minimum Gasteiger partial charge on any atom is -0.743 e. The van der Waals surface area contributed by atoms with E-state index in [-0.39, 0.29) is 25.2 Å². The van der Waals surface area contributed by atoms with Crippen molar-refractivity contribution in [3.63, 3.8) is 0 Å². The highest BCUT2D eigenvalue weighted by Crippen LogP contribution is 2.64. The predicted molar refractivity (Wildman–Crippen MR) is 118 cm³/mol. The third-order valence-corrected chi connectivity index (χ3v) is 10.7. The Balaban J connectivity index is 1.48. The first kappa shape index (κ1) is 23.0. The molecule has 1 heterocycles. The molecule has 1 aliphatic heterocycles. The van der Waals surface area contributed by atoms with Crippen LogP contribution in [0.5, 0.6) is 5.75 Å². The van der Waals surface area contributed by atoms with E-state index >= 15 is 0 Å². The average Bonchev–Trinajstić information content (AvgIpc) is 2.67. The quantitative estimate of drug-likeness (QED) is 0.269. The lowest BCUT2D eigenvalue weighted by Crippen LogP contribution is -2.69. The van der Waals surface area contributed by atoms with E-state index in [1.54, 1.807) is 12.1 Å². The molecule has 32 heavy (non-hydrogen) atoms. The van der Waals surface area contributed by atoms with Crippen molar-refractivity contribution in [2.75, 3.05) is 0 Å². The van der Waals surface area contributed by atoms with Crippen LogP contribution in [0.15, 0.2) is 12.1 Å². The van der Waals surface area contributed by atoms with Gasteiger partial charge >= 0.3 is 17.2 Å². The monoisotopic (exact) mass is 695 g/mol. The fourth-order valence-electron chi connectivity index (χ4n) is 5.84. The fraction of sp³-hybridized carbons (Fsp3) is 0.579. The summed E-state index contributed by atoms with van der Waals surface area (Å²) >= 11 is 4.22. The summed E-state index contributed by atoms with van der Waals surface area (Å²) < 4.78 is 79.0. The summed E-state index contributed by atoms with van der Waals surface area (Å²) in [6, 6.07) is 3.40. The number of rotatable bonds is 3. The molecule has 0 radical (unpaired) electrons. The summed E-state index contributed by atoms with van der Waals surface area (Å²) in [5.41, 5.74) is -1.06. The summed E-state index contributed by atoms with van der Waals surface area (Å²) in [5.74, 6) is -4.68. The molecule has 4 aliphatic carbocycles. The van der Waals surface area contributed by atoms with Gasteiger partial charge in [0.25, 0.3) is 5.79 Å². The standard InChI is InChI=1S/C19H16F2I2O8S/c20-19(21,32(26,27)28)16(25)31-17-5-8-3-9(6-17)18(10(4-8)7-17)29-14-11(15(24)30-18)1-2-12(22)13(14)23/h1-2,8-10H,3-7H2,(H,26,27,28)/p-1. The number of hydrogen-bond acceptors (Lipinski definition) is 8. The molecule has 4 saturated carbocycles. The summed E-state index contributed by atoms with van der Waals surface area (Å²) in [6.07, 6.45) is 1.55. The predicted octanol–water partition coefficient (Wildman–Crippen LogP) is 3.40. The van der Waals surface area contributed by atoms with Gasteiger partial charge in [-0.2, -0.15) is 8.78 Å². The van der Waals surface area contributed by atoms with Gasteiger partial charge in [-0.15, -0.1) is 0 Å². The number of carbonyl (C=O) groups is 2. The maximum absolute atomic E-state index is 13.8. The maximum Gasteiger partial charge on any atom is 0.428 e. The third kappa shape index (κ3) is 3.20. The molecule has 0 aromatic heterocycles. The minimum absolute atomic E-state index is 0.00193. The van der Waals surface area contributed by atoms with Crippen molar-refractivity contribution in [3.05, 3.63) is 24.8 Å². The van der Waals surface area contributed by atoms with Crippen LogP contribution in [0.25, 0.3) is 0 Å². The van der Waals surface area contributed by atoms with Gasteiger partial charge in [0.1, 0.15) is 11.2 Å².